The Hall–Kier alpha value is -2.30. The van der Waals surface area contributed by atoms with Crippen molar-refractivity contribution in [3.05, 3.63) is 40.5 Å². The first-order chi connectivity index (χ1) is 9.53. The zero-order valence-corrected chi connectivity index (χ0v) is 12.0. The quantitative estimate of drug-likeness (QED) is 0.216. The third-order valence-electron chi connectivity index (χ3n) is 2.93. The van der Waals surface area contributed by atoms with Crippen molar-refractivity contribution >= 4 is 17.9 Å². The van der Waals surface area contributed by atoms with Gasteiger partial charge in [-0.2, -0.15) is 0 Å². The minimum absolute atomic E-state index is 0.0729. The van der Waals surface area contributed by atoms with E-state index in [1.807, 2.05) is 26.0 Å². The highest BCUT2D eigenvalue weighted by Crippen LogP contribution is 2.20. The van der Waals surface area contributed by atoms with Crippen LogP contribution < -0.4 is 5.73 Å². The molecule has 0 amide bonds. The Bertz CT molecular complexity index is 548. The first kappa shape index (κ1) is 15.8. The molecule has 0 aliphatic heterocycles. The van der Waals surface area contributed by atoms with Gasteiger partial charge in [0.05, 0.1) is 6.61 Å². The number of nitrogens with zero attached hydrogens (tertiary/aromatic N) is 1. The molecule has 0 bridgehead atoms. The highest BCUT2D eigenvalue weighted by molar-refractivity contribution is 5.98. The van der Waals surface area contributed by atoms with Crippen molar-refractivity contribution in [1.29, 1.82) is 0 Å². The van der Waals surface area contributed by atoms with E-state index in [2.05, 4.69) is 5.16 Å². The van der Waals surface area contributed by atoms with E-state index in [1.54, 1.807) is 13.0 Å². The molecule has 3 N–H and O–H groups in total. The third-order valence-corrected chi connectivity index (χ3v) is 2.93. The van der Waals surface area contributed by atoms with E-state index in [9.17, 15) is 4.79 Å². The van der Waals surface area contributed by atoms with Crippen molar-refractivity contribution in [1.82, 2.24) is 0 Å². The summed E-state index contributed by atoms with van der Waals surface area (Å²) < 4.78 is 4.86. The van der Waals surface area contributed by atoms with Crippen LogP contribution in [0.5, 0.6) is 0 Å². The number of ether oxygens (including phenoxy) is 1. The van der Waals surface area contributed by atoms with Crippen LogP contribution in [0.1, 0.15) is 36.1 Å². The molecule has 0 saturated heterocycles. The second kappa shape index (κ2) is 7.33. The predicted molar refractivity (Wildman–Crippen MR) is 78.7 cm³/mol. The maximum absolute atomic E-state index is 11.4. The van der Waals surface area contributed by atoms with E-state index < -0.39 is 0 Å². The molecule has 5 heteroatoms. The zero-order chi connectivity index (χ0) is 15.1. The van der Waals surface area contributed by atoms with Crippen molar-refractivity contribution in [3.8, 4) is 0 Å². The lowest BCUT2D eigenvalue weighted by Gasteiger charge is -2.10. The average molecular weight is 276 g/mol. The lowest BCUT2D eigenvalue weighted by molar-refractivity contribution is -0.137. The minimum atomic E-state index is -0.366. The second-order valence-electron chi connectivity index (χ2n) is 4.29. The third kappa shape index (κ3) is 3.85. The minimum Gasteiger partial charge on any atom is -0.463 e. The van der Waals surface area contributed by atoms with Crippen LogP contribution in [-0.4, -0.2) is 23.6 Å². The molecule has 0 radical (unpaired) electrons. The first-order valence-corrected chi connectivity index (χ1v) is 6.49. The maximum Gasteiger partial charge on any atom is 0.330 e. The molecular formula is C15H20N2O3. The normalized spacial score (nSPS) is 11.8. The van der Waals surface area contributed by atoms with Gasteiger partial charge in [-0.05, 0) is 55.2 Å². The largest absolute Gasteiger partial charge is 0.463 e. The number of nitrogens with two attached hydrogens (primary N) is 1. The van der Waals surface area contributed by atoms with Crippen LogP contribution in [0.4, 0.5) is 0 Å². The lowest BCUT2D eigenvalue weighted by Crippen LogP contribution is -2.14. The fourth-order valence-corrected chi connectivity index (χ4v) is 1.95. The van der Waals surface area contributed by atoms with Crippen LogP contribution >= 0.6 is 0 Å². The Morgan fingerprint density at radius 3 is 2.70 bits per heavy atom. The second-order valence-corrected chi connectivity index (χ2v) is 4.29. The molecular weight excluding hydrogens is 256 g/mol. The molecule has 0 heterocycles. The van der Waals surface area contributed by atoms with Crippen molar-refractivity contribution < 1.29 is 14.7 Å². The van der Waals surface area contributed by atoms with Crippen LogP contribution in [0.15, 0.2) is 23.4 Å². The monoisotopic (exact) mass is 276 g/mol. The van der Waals surface area contributed by atoms with Gasteiger partial charge in [-0.3, -0.25) is 0 Å². The molecule has 0 saturated carbocycles. The molecule has 0 fully saturated rings. The van der Waals surface area contributed by atoms with Crippen molar-refractivity contribution in [2.75, 3.05) is 6.61 Å². The van der Waals surface area contributed by atoms with Crippen LogP contribution in [0, 0.1) is 6.92 Å². The topological polar surface area (TPSA) is 84.9 Å². The summed E-state index contributed by atoms with van der Waals surface area (Å²) in [5, 5.41) is 11.7. The van der Waals surface area contributed by atoms with Crippen LogP contribution in [0.2, 0.25) is 0 Å². The number of rotatable bonds is 5. The van der Waals surface area contributed by atoms with E-state index in [0.29, 0.717) is 12.2 Å². The van der Waals surface area contributed by atoms with E-state index in [0.717, 1.165) is 23.1 Å². The summed E-state index contributed by atoms with van der Waals surface area (Å²) in [7, 11) is 0. The van der Waals surface area contributed by atoms with Gasteiger partial charge in [0, 0.05) is 11.6 Å². The maximum atomic E-state index is 11.4. The van der Waals surface area contributed by atoms with Gasteiger partial charge < -0.3 is 15.7 Å². The van der Waals surface area contributed by atoms with Gasteiger partial charge in [-0.15, -0.1) is 0 Å². The number of hydrogen-bond donors (Lipinski definition) is 2. The van der Waals surface area contributed by atoms with Gasteiger partial charge >= 0.3 is 5.97 Å². The van der Waals surface area contributed by atoms with Gasteiger partial charge in [0.2, 0.25) is 0 Å². The van der Waals surface area contributed by atoms with Crippen LogP contribution in [0.25, 0.3) is 6.08 Å². The number of oxime groups is 1. The highest BCUT2D eigenvalue weighted by Gasteiger charge is 2.08. The van der Waals surface area contributed by atoms with Gasteiger partial charge in [0.1, 0.15) is 0 Å². The van der Waals surface area contributed by atoms with Gasteiger partial charge in [-0.1, -0.05) is 12.1 Å². The summed E-state index contributed by atoms with van der Waals surface area (Å²) in [6.07, 6.45) is 3.92. The van der Waals surface area contributed by atoms with E-state index in [1.165, 1.54) is 6.08 Å². The van der Waals surface area contributed by atoms with Crippen molar-refractivity contribution in [2.24, 2.45) is 10.9 Å². The Balaban J connectivity index is 3.17. The lowest BCUT2D eigenvalue weighted by atomic mass is 9.96. The molecule has 108 valence electrons. The summed E-state index contributed by atoms with van der Waals surface area (Å²) in [6, 6.07) is 3.67. The fraction of sp³-hybridized carbons (Fsp3) is 0.333. The Morgan fingerprint density at radius 1 is 1.45 bits per heavy atom. The number of aryl methyl sites for hydroxylation is 2. The number of carbonyl (C=O) groups is 1. The first-order valence-electron chi connectivity index (χ1n) is 6.49. The number of benzene rings is 1. The Morgan fingerprint density at radius 2 is 2.15 bits per heavy atom. The standard InChI is InChI=1S/C15H20N2O3/c1-4-11-9-12(15(16)17-19)8-10(3)13(11)6-7-14(18)20-5-2/h6-9,19H,4-5H2,1-3H3,(H2,16,17). The Kier molecular flexibility index (Phi) is 5.77. The summed E-state index contributed by atoms with van der Waals surface area (Å²) in [4.78, 5) is 11.4. The molecule has 1 rings (SSSR count). The molecule has 0 aliphatic carbocycles. The van der Waals surface area contributed by atoms with Crippen LogP contribution in [-0.2, 0) is 16.0 Å². The highest BCUT2D eigenvalue weighted by atomic mass is 16.5. The number of amidine groups is 1. The SMILES string of the molecule is CCOC(=O)C=Cc1c(C)cc(/C(N)=N/O)cc1CC. The van der Waals surface area contributed by atoms with E-state index >= 15 is 0 Å². The van der Waals surface area contributed by atoms with Crippen LogP contribution in [0.3, 0.4) is 0 Å². The van der Waals surface area contributed by atoms with Gasteiger partial charge in [0.25, 0.3) is 0 Å². The predicted octanol–water partition coefficient (Wildman–Crippen LogP) is 2.23. The summed E-state index contributed by atoms with van der Waals surface area (Å²) in [5.41, 5.74) is 9.19. The molecule has 20 heavy (non-hydrogen) atoms. The molecule has 0 spiro atoms. The van der Waals surface area contributed by atoms with Gasteiger partial charge in [0.15, 0.2) is 5.84 Å². The zero-order valence-electron chi connectivity index (χ0n) is 12.0. The molecule has 5 nitrogen and oxygen atoms in total. The van der Waals surface area contributed by atoms with Crippen molar-refractivity contribution in [2.45, 2.75) is 27.2 Å². The number of esters is 1. The fourth-order valence-electron chi connectivity index (χ4n) is 1.95. The summed E-state index contributed by atoms with van der Waals surface area (Å²) in [5.74, 6) is -0.293. The average Bonchev–Trinajstić information content (AvgIpc) is 2.44. The smallest absolute Gasteiger partial charge is 0.330 e. The Labute approximate surface area is 118 Å². The molecule has 0 unspecified atom stereocenters. The molecule has 1 aromatic carbocycles. The molecule has 0 aromatic heterocycles. The van der Waals surface area contributed by atoms with E-state index in [4.69, 9.17) is 15.7 Å². The molecule has 1 aromatic rings. The number of carbonyl (C=O) groups excluding carboxylic acids is 1. The molecule has 0 aliphatic rings. The summed E-state index contributed by atoms with van der Waals surface area (Å²) in [6.45, 7) is 6.04. The molecule has 0 atom stereocenters. The van der Waals surface area contributed by atoms with E-state index in [-0.39, 0.29) is 11.8 Å². The van der Waals surface area contributed by atoms with Gasteiger partial charge in [-0.25, -0.2) is 4.79 Å². The summed E-state index contributed by atoms with van der Waals surface area (Å²) >= 11 is 0. The van der Waals surface area contributed by atoms with Crippen molar-refractivity contribution in [3.63, 3.8) is 0 Å². The number of hydrogen-bond acceptors (Lipinski definition) is 4.